The molecule has 0 aromatic carbocycles. The molecule has 0 spiro atoms. The fourth-order valence-electron chi connectivity index (χ4n) is 0.894. The van der Waals surface area contributed by atoms with E-state index in [1.807, 2.05) is 6.92 Å². The van der Waals surface area contributed by atoms with Crippen molar-refractivity contribution in [1.29, 1.82) is 0 Å². The van der Waals surface area contributed by atoms with Crippen molar-refractivity contribution >= 4 is 0 Å². The lowest BCUT2D eigenvalue weighted by molar-refractivity contribution is 0.0435. The second-order valence-electron chi connectivity index (χ2n) is 3.79. The molecule has 0 aliphatic heterocycles. The van der Waals surface area contributed by atoms with Crippen molar-refractivity contribution in [3.63, 3.8) is 0 Å². The zero-order chi connectivity index (χ0) is 9.90. The van der Waals surface area contributed by atoms with Gasteiger partial charge < -0.3 is 15.4 Å². The summed E-state index contributed by atoms with van der Waals surface area (Å²) in [5.41, 5.74) is -0.702. The Morgan fingerprint density at radius 3 is 2.85 bits per heavy atom. The Hall–Kier alpha value is -0.870. The summed E-state index contributed by atoms with van der Waals surface area (Å²) < 4.78 is 0. The van der Waals surface area contributed by atoms with Crippen molar-refractivity contribution < 1.29 is 5.11 Å². The van der Waals surface area contributed by atoms with Gasteiger partial charge in [0.1, 0.15) is 5.82 Å². The van der Waals surface area contributed by atoms with Crippen molar-refractivity contribution in [2.75, 3.05) is 0 Å². The number of imidazole rings is 1. The Balaban J connectivity index is 2.35. The van der Waals surface area contributed by atoms with E-state index in [2.05, 4.69) is 15.3 Å². The van der Waals surface area contributed by atoms with Crippen LogP contribution in [0.25, 0.3) is 0 Å². The Labute approximate surface area is 78.4 Å². The molecule has 1 aromatic rings. The third kappa shape index (κ3) is 3.16. The number of aromatic nitrogens is 2. The topological polar surface area (TPSA) is 60.9 Å². The summed E-state index contributed by atoms with van der Waals surface area (Å²) in [6.07, 6.45) is 3.50. The molecule has 4 heteroatoms. The predicted molar refractivity (Wildman–Crippen MR) is 51.2 cm³/mol. The van der Waals surface area contributed by atoms with E-state index in [1.165, 1.54) is 0 Å². The molecule has 1 heterocycles. The largest absolute Gasteiger partial charge is 0.389 e. The number of H-pyrrole nitrogens is 1. The summed E-state index contributed by atoms with van der Waals surface area (Å²) in [6, 6.07) is 0.0394. The second kappa shape index (κ2) is 3.89. The van der Waals surface area contributed by atoms with Crippen LogP contribution in [0.15, 0.2) is 12.4 Å². The van der Waals surface area contributed by atoms with Crippen molar-refractivity contribution in [2.45, 2.75) is 39.0 Å². The van der Waals surface area contributed by atoms with Gasteiger partial charge in [0, 0.05) is 18.4 Å². The third-order valence-electron chi connectivity index (χ3n) is 2.19. The molecule has 13 heavy (non-hydrogen) atoms. The first kappa shape index (κ1) is 10.2. The highest BCUT2D eigenvalue weighted by Crippen LogP contribution is 2.07. The zero-order valence-electron chi connectivity index (χ0n) is 8.33. The van der Waals surface area contributed by atoms with E-state index in [0.29, 0.717) is 6.54 Å². The van der Waals surface area contributed by atoms with Gasteiger partial charge in [-0.2, -0.15) is 0 Å². The molecular weight excluding hydrogens is 166 g/mol. The van der Waals surface area contributed by atoms with Crippen LogP contribution >= 0.6 is 0 Å². The van der Waals surface area contributed by atoms with Crippen LogP contribution in [0.1, 0.15) is 26.6 Å². The zero-order valence-corrected chi connectivity index (χ0v) is 8.33. The van der Waals surface area contributed by atoms with Crippen molar-refractivity contribution in [3.05, 3.63) is 18.2 Å². The summed E-state index contributed by atoms with van der Waals surface area (Å²) in [4.78, 5) is 7.06. The molecule has 1 atom stereocenters. The number of rotatable bonds is 4. The Morgan fingerprint density at radius 2 is 2.38 bits per heavy atom. The Bertz CT molecular complexity index is 238. The standard InChI is InChI=1S/C9H17N3O/c1-7(9(2,3)13)12-6-8-10-4-5-11-8/h4-5,7,12-13H,6H2,1-3H3,(H,10,11). The van der Waals surface area contributed by atoms with Crippen LogP contribution in [0.4, 0.5) is 0 Å². The van der Waals surface area contributed by atoms with E-state index in [4.69, 9.17) is 0 Å². The lowest BCUT2D eigenvalue weighted by Gasteiger charge is -2.26. The summed E-state index contributed by atoms with van der Waals surface area (Å²) >= 11 is 0. The molecule has 0 fully saturated rings. The number of hydrogen-bond donors (Lipinski definition) is 3. The maximum Gasteiger partial charge on any atom is 0.120 e. The number of hydrogen-bond acceptors (Lipinski definition) is 3. The minimum Gasteiger partial charge on any atom is -0.389 e. The summed E-state index contributed by atoms with van der Waals surface area (Å²) in [6.45, 7) is 6.17. The molecule has 3 N–H and O–H groups in total. The molecule has 1 rings (SSSR count). The van der Waals surface area contributed by atoms with E-state index in [1.54, 1.807) is 26.2 Å². The quantitative estimate of drug-likeness (QED) is 0.642. The van der Waals surface area contributed by atoms with Gasteiger partial charge in [-0.15, -0.1) is 0 Å². The molecule has 1 aromatic heterocycles. The average Bonchev–Trinajstić information content (AvgIpc) is 2.50. The van der Waals surface area contributed by atoms with Gasteiger partial charge in [0.05, 0.1) is 12.1 Å². The molecule has 0 bridgehead atoms. The van der Waals surface area contributed by atoms with E-state index < -0.39 is 5.60 Å². The van der Waals surface area contributed by atoms with Gasteiger partial charge in [-0.1, -0.05) is 0 Å². The molecule has 0 saturated heterocycles. The van der Waals surface area contributed by atoms with E-state index >= 15 is 0 Å². The number of aliphatic hydroxyl groups is 1. The van der Waals surface area contributed by atoms with Gasteiger partial charge in [-0.05, 0) is 20.8 Å². The lowest BCUT2D eigenvalue weighted by Crippen LogP contribution is -2.44. The minimum absolute atomic E-state index is 0.0394. The molecule has 0 saturated carbocycles. The molecule has 0 amide bonds. The van der Waals surface area contributed by atoms with Crippen LogP contribution in [0, 0.1) is 0 Å². The average molecular weight is 183 g/mol. The van der Waals surface area contributed by atoms with Crippen LogP contribution < -0.4 is 5.32 Å². The van der Waals surface area contributed by atoms with Gasteiger partial charge in [0.2, 0.25) is 0 Å². The van der Waals surface area contributed by atoms with Crippen LogP contribution in [0.3, 0.4) is 0 Å². The third-order valence-corrected chi connectivity index (χ3v) is 2.19. The first-order valence-corrected chi connectivity index (χ1v) is 4.44. The summed E-state index contributed by atoms with van der Waals surface area (Å²) in [5, 5.41) is 12.8. The maximum absolute atomic E-state index is 9.62. The van der Waals surface area contributed by atoms with Gasteiger partial charge in [0.15, 0.2) is 0 Å². The van der Waals surface area contributed by atoms with Crippen LogP contribution in [0.2, 0.25) is 0 Å². The highest BCUT2D eigenvalue weighted by atomic mass is 16.3. The Kier molecular flexibility index (Phi) is 3.06. The molecule has 4 nitrogen and oxygen atoms in total. The van der Waals surface area contributed by atoms with Crippen molar-refractivity contribution in [2.24, 2.45) is 0 Å². The van der Waals surface area contributed by atoms with E-state index in [9.17, 15) is 5.11 Å². The monoisotopic (exact) mass is 183 g/mol. The van der Waals surface area contributed by atoms with Gasteiger partial charge >= 0.3 is 0 Å². The molecular formula is C9H17N3O. The molecule has 74 valence electrons. The predicted octanol–water partition coefficient (Wildman–Crippen LogP) is 0.659. The molecule has 0 aliphatic carbocycles. The molecule has 0 radical (unpaired) electrons. The smallest absolute Gasteiger partial charge is 0.120 e. The number of nitrogens with zero attached hydrogens (tertiary/aromatic N) is 1. The van der Waals surface area contributed by atoms with Gasteiger partial charge in [-0.25, -0.2) is 4.98 Å². The first-order chi connectivity index (χ1) is 6.00. The summed E-state index contributed by atoms with van der Waals surface area (Å²) in [5.74, 6) is 0.885. The summed E-state index contributed by atoms with van der Waals surface area (Å²) in [7, 11) is 0. The minimum atomic E-state index is -0.702. The van der Waals surface area contributed by atoms with Crippen molar-refractivity contribution in [3.8, 4) is 0 Å². The fraction of sp³-hybridized carbons (Fsp3) is 0.667. The van der Waals surface area contributed by atoms with E-state index in [-0.39, 0.29) is 6.04 Å². The van der Waals surface area contributed by atoms with Crippen LogP contribution in [-0.2, 0) is 6.54 Å². The molecule has 0 aliphatic rings. The number of aromatic amines is 1. The second-order valence-corrected chi connectivity index (χ2v) is 3.79. The van der Waals surface area contributed by atoms with Crippen LogP contribution in [0.5, 0.6) is 0 Å². The highest BCUT2D eigenvalue weighted by Gasteiger charge is 2.21. The SMILES string of the molecule is CC(NCc1ncc[nH]1)C(C)(C)O. The van der Waals surface area contributed by atoms with Crippen LogP contribution in [-0.4, -0.2) is 26.7 Å². The van der Waals surface area contributed by atoms with Gasteiger partial charge in [0.25, 0.3) is 0 Å². The lowest BCUT2D eigenvalue weighted by atomic mass is 10.0. The number of nitrogens with one attached hydrogen (secondary N) is 2. The van der Waals surface area contributed by atoms with Crippen molar-refractivity contribution in [1.82, 2.24) is 15.3 Å². The van der Waals surface area contributed by atoms with E-state index in [0.717, 1.165) is 5.82 Å². The fourth-order valence-corrected chi connectivity index (χ4v) is 0.894. The maximum atomic E-state index is 9.62. The highest BCUT2D eigenvalue weighted by molar-refractivity contribution is 4.88. The Morgan fingerprint density at radius 1 is 1.69 bits per heavy atom. The first-order valence-electron chi connectivity index (χ1n) is 4.44. The van der Waals surface area contributed by atoms with Gasteiger partial charge in [-0.3, -0.25) is 0 Å². The normalized spacial score (nSPS) is 14.5. The molecule has 1 unspecified atom stereocenters.